The molecule has 114 valence electrons. The maximum atomic E-state index is 12.3. The van der Waals surface area contributed by atoms with Crippen molar-refractivity contribution in [1.29, 1.82) is 5.26 Å². The lowest BCUT2D eigenvalue weighted by Crippen LogP contribution is -2.43. The third-order valence-corrected chi connectivity index (χ3v) is 4.92. The molecule has 0 aliphatic carbocycles. The Hall–Kier alpha value is -2.37. The number of benzene rings is 1. The molecule has 0 bridgehead atoms. The minimum absolute atomic E-state index is 0.00609. The SMILES string of the molecule is Cn1cnc(S(=O)(=O)NC2CNc3ccc(C#N)cc3C2)c1. The number of sulfonamides is 1. The van der Waals surface area contributed by atoms with Crippen molar-refractivity contribution in [2.24, 2.45) is 7.05 Å². The van der Waals surface area contributed by atoms with Crippen LogP contribution in [0.3, 0.4) is 0 Å². The first-order valence-electron chi connectivity index (χ1n) is 6.75. The van der Waals surface area contributed by atoms with Crippen molar-refractivity contribution in [2.45, 2.75) is 17.5 Å². The molecule has 2 heterocycles. The van der Waals surface area contributed by atoms with Gasteiger partial charge in [-0.05, 0) is 30.2 Å². The van der Waals surface area contributed by atoms with E-state index in [0.717, 1.165) is 11.3 Å². The molecule has 1 aliphatic heterocycles. The van der Waals surface area contributed by atoms with E-state index < -0.39 is 10.0 Å². The Bertz CT molecular complexity index is 850. The average Bonchev–Trinajstić information content (AvgIpc) is 2.93. The fourth-order valence-electron chi connectivity index (χ4n) is 2.47. The van der Waals surface area contributed by atoms with Gasteiger partial charge < -0.3 is 9.88 Å². The fraction of sp³-hybridized carbons (Fsp3) is 0.286. The Morgan fingerprint density at radius 3 is 3.00 bits per heavy atom. The molecule has 2 N–H and O–H groups in total. The lowest BCUT2D eigenvalue weighted by Gasteiger charge is -2.26. The molecule has 3 rings (SSSR count). The van der Waals surface area contributed by atoms with E-state index in [2.05, 4.69) is 21.1 Å². The lowest BCUT2D eigenvalue weighted by molar-refractivity contribution is 0.546. The van der Waals surface area contributed by atoms with Crippen LogP contribution in [0.1, 0.15) is 11.1 Å². The van der Waals surface area contributed by atoms with Crippen molar-refractivity contribution in [1.82, 2.24) is 14.3 Å². The molecule has 1 aromatic carbocycles. The topological polar surface area (TPSA) is 99.8 Å². The number of fused-ring (bicyclic) bond motifs is 1. The van der Waals surface area contributed by atoms with Gasteiger partial charge in [0.1, 0.15) is 0 Å². The number of hydrogen-bond donors (Lipinski definition) is 2. The number of rotatable bonds is 3. The molecule has 0 fully saturated rings. The molecular formula is C14H15N5O2S. The van der Waals surface area contributed by atoms with Crippen LogP contribution in [-0.2, 0) is 23.5 Å². The monoisotopic (exact) mass is 317 g/mol. The number of aromatic nitrogens is 2. The molecule has 0 spiro atoms. The van der Waals surface area contributed by atoms with Gasteiger partial charge >= 0.3 is 0 Å². The smallest absolute Gasteiger partial charge is 0.259 e. The molecule has 0 amide bonds. The molecule has 1 unspecified atom stereocenters. The van der Waals surface area contributed by atoms with Gasteiger partial charge in [-0.2, -0.15) is 5.26 Å². The number of nitrogens with one attached hydrogen (secondary N) is 2. The maximum absolute atomic E-state index is 12.3. The second-order valence-corrected chi connectivity index (χ2v) is 6.93. The van der Waals surface area contributed by atoms with E-state index in [1.165, 1.54) is 12.5 Å². The zero-order valence-electron chi connectivity index (χ0n) is 11.9. The minimum Gasteiger partial charge on any atom is -0.383 e. The molecule has 2 aromatic rings. The van der Waals surface area contributed by atoms with Crippen LogP contribution >= 0.6 is 0 Å². The van der Waals surface area contributed by atoms with Gasteiger partial charge in [-0.1, -0.05) is 0 Å². The molecule has 7 nitrogen and oxygen atoms in total. The summed E-state index contributed by atoms with van der Waals surface area (Å²) in [5.74, 6) is 0. The largest absolute Gasteiger partial charge is 0.383 e. The van der Waals surface area contributed by atoms with Crippen molar-refractivity contribution >= 4 is 15.7 Å². The van der Waals surface area contributed by atoms with Crippen molar-refractivity contribution < 1.29 is 8.42 Å². The predicted molar refractivity (Wildman–Crippen MR) is 80.7 cm³/mol. The van der Waals surface area contributed by atoms with E-state index in [1.807, 2.05) is 6.07 Å². The Morgan fingerprint density at radius 2 is 2.32 bits per heavy atom. The van der Waals surface area contributed by atoms with Crippen LogP contribution in [0.4, 0.5) is 5.69 Å². The zero-order chi connectivity index (χ0) is 15.7. The van der Waals surface area contributed by atoms with Crippen molar-refractivity contribution in [3.05, 3.63) is 41.9 Å². The van der Waals surface area contributed by atoms with Crippen LogP contribution in [0.15, 0.2) is 35.7 Å². The standard InChI is InChI=1S/C14H15N5O2S/c1-19-8-14(17-9-19)22(20,21)18-12-5-11-4-10(6-15)2-3-13(11)16-7-12/h2-4,8-9,12,16,18H,5,7H2,1H3. The summed E-state index contributed by atoms with van der Waals surface area (Å²) in [5, 5.41) is 12.1. The molecule has 0 radical (unpaired) electrons. The second kappa shape index (κ2) is 5.44. The molecule has 0 saturated carbocycles. The van der Waals surface area contributed by atoms with Gasteiger partial charge in [-0.3, -0.25) is 0 Å². The second-order valence-electron chi connectivity index (χ2n) is 5.26. The van der Waals surface area contributed by atoms with Gasteiger partial charge in [-0.25, -0.2) is 18.1 Å². The quantitative estimate of drug-likeness (QED) is 0.864. The van der Waals surface area contributed by atoms with Gasteiger partial charge in [0, 0.05) is 31.5 Å². The first kappa shape index (κ1) is 14.6. The first-order chi connectivity index (χ1) is 10.5. The highest BCUT2D eigenvalue weighted by Gasteiger charge is 2.25. The van der Waals surface area contributed by atoms with Crippen LogP contribution in [0.5, 0.6) is 0 Å². The van der Waals surface area contributed by atoms with Gasteiger partial charge in [0.25, 0.3) is 10.0 Å². The van der Waals surface area contributed by atoms with Gasteiger partial charge in [-0.15, -0.1) is 0 Å². The predicted octanol–water partition coefficient (Wildman–Crippen LogP) is 0.607. The molecule has 22 heavy (non-hydrogen) atoms. The van der Waals surface area contributed by atoms with E-state index in [9.17, 15) is 8.42 Å². The highest BCUT2D eigenvalue weighted by molar-refractivity contribution is 7.89. The summed E-state index contributed by atoms with van der Waals surface area (Å²) in [6.45, 7) is 0.491. The maximum Gasteiger partial charge on any atom is 0.259 e. The van der Waals surface area contributed by atoms with Crippen LogP contribution in [0, 0.1) is 11.3 Å². The molecule has 1 atom stereocenters. The average molecular weight is 317 g/mol. The highest BCUT2D eigenvalue weighted by Crippen LogP contribution is 2.23. The summed E-state index contributed by atoms with van der Waals surface area (Å²) in [6.07, 6.45) is 3.44. The normalized spacial score (nSPS) is 17.4. The first-order valence-corrected chi connectivity index (χ1v) is 8.23. The van der Waals surface area contributed by atoms with Crippen LogP contribution in [-0.4, -0.2) is 30.6 Å². The number of hydrogen-bond acceptors (Lipinski definition) is 5. The van der Waals surface area contributed by atoms with Gasteiger partial charge in [0.2, 0.25) is 0 Å². The third-order valence-electron chi connectivity index (χ3n) is 3.52. The Labute approximate surface area is 128 Å². The third kappa shape index (κ3) is 2.81. The van der Waals surface area contributed by atoms with E-state index in [4.69, 9.17) is 5.26 Å². The number of imidazole rings is 1. The summed E-state index contributed by atoms with van der Waals surface area (Å²) in [4.78, 5) is 3.87. The molecule has 1 aliphatic rings. The van der Waals surface area contributed by atoms with Crippen molar-refractivity contribution in [3.8, 4) is 6.07 Å². The number of nitrogens with zero attached hydrogens (tertiary/aromatic N) is 3. The van der Waals surface area contributed by atoms with Crippen molar-refractivity contribution in [3.63, 3.8) is 0 Å². The number of anilines is 1. The Morgan fingerprint density at radius 1 is 1.50 bits per heavy atom. The molecular weight excluding hydrogens is 302 g/mol. The van der Waals surface area contributed by atoms with Gasteiger partial charge in [0.15, 0.2) is 5.03 Å². The molecule has 8 heteroatoms. The number of nitriles is 1. The molecule has 0 saturated heterocycles. The summed E-state index contributed by atoms with van der Waals surface area (Å²) in [6, 6.07) is 7.17. The lowest BCUT2D eigenvalue weighted by atomic mass is 9.98. The van der Waals surface area contributed by atoms with Crippen LogP contribution in [0.2, 0.25) is 0 Å². The minimum atomic E-state index is -3.64. The van der Waals surface area contributed by atoms with E-state index in [-0.39, 0.29) is 11.1 Å². The molecule has 1 aromatic heterocycles. The Kier molecular flexibility index (Phi) is 3.60. The summed E-state index contributed by atoms with van der Waals surface area (Å²) in [7, 11) is -1.93. The number of aryl methyl sites for hydroxylation is 1. The van der Waals surface area contributed by atoms with Gasteiger partial charge in [0.05, 0.1) is 18.0 Å². The summed E-state index contributed by atoms with van der Waals surface area (Å²) >= 11 is 0. The van der Waals surface area contributed by atoms with Crippen molar-refractivity contribution in [2.75, 3.05) is 11.9 Å². The zero-order valence-corrected chi connectivity index (χ0v) is 12.8. The van der Waals surface area contributed by atoms with E-state index in [1.54, 1.807) is 23.7 Å². The van der Waals surface area contributed by atoms with E-state index in [0.29, 0.717) is 18.5 Å². The summed E-state index contributed by atoms with van der Waals surface area (Å²) < 4.78 is 28.8. The van der Waals surface area contributed by atoms with Crippen LogP contribution in [0.25, 0.3) is 0 Å². The fourth-order valence-corrected chi connectivity index (χ4v) is 3.68. The summed E-state index contributed by atoms with van der Waals surface area (Å²) in [5.41, 5.74) is 2.43. The van der Waals surface area contributed by atoms with Crippen LogP contribution < -0.4 is 10.0 Å². The Balaban J connectivity index is 1.79. The highest BCUT2D eigenvalue weighted by atomic mass is 32.2. The van der Waals surface area contributed by atoms with E-state index >= 15 is 0 Å².